The number of hydrogen-bond acceptors (Lipinski definition) is 1. The van der Waals surface area contributed by atoms with Gasteiger partial charge in [-0.25, -0.2) is 13.2 Å². The number of halogens is 4. The molecule has 0 aliphatic rings. The fourth-order valence-electron chi connectivity index (χ4n) is 1.89. The topological polar surface area (TPSA) is 12.0 Å². The molecule has 1 unspecified atom stereocenters. The van der Waals surface area contributed by atoms with Crippen molar-refractivity contribution < 1.29 is 13.2 Å². The van der Waals surface area contributed by atoms with Crippen LogP contribution in [0.5, 0.6) is 0 Å². The summed E-state index contributed by atoms with van der Waals surface area (Å²) < 4.78 is 40.0. The van der Waals surface area contributed by atoms with Crippen molar-refractivity contribution >= 4 is 11.6 Å². The molecule has 0 spiro atoms. The molecule has 0 saturated carbocycles. The van der Waals surface area contributed by atoms with Gasteiger partial charge in [-0.15, -0.1) is 0 Å². The molecule has 5 heteroatoms. The molecule has 106 valence electrons. The highest BCUT2D eigenvalue weighted by atomic mass is 35.5. The van der Waals surface area contributed by atoms with Crippen LogP contribution >= 0.6 is 11.6 Å². The Morgan fingerprint density at radius 2 is 1.80 bits per heavy atom. The van der Waals surface area contributed by atoms with Crippen LogP contribution in [0.4, 0.5) is 13.2 Å². The second kappa shape index (κ2) is 6.29. The Morgan fingerprint density at radius 1 is 1.05 bits per heavy atom. The molecular formula is C15H13ClF3N. The normalized spacial score (nSPS) is 12.4. The highest BCUT2D eigenvalue weighted by Crippen LogP contribution is 2.19. The second-order valence-corrected chi connectivity index (χ2v) is 4.94. The zero-order valence-electron chi connectivity index (χ0n) is 10.8. The molecule has 0 saturated heterocycles. The van der Waals surface area contributed by atoms with E-state index in [4.69, 9.17) is 11.6 Å². The lowest BCUT2D eigenvalue weighted by Crippen LogP contribution is -2.19. The smallest absolute Gasteiger partial charge is 0.130 e. The Morgan fingerprint density at radius 3 is 2.45 bits per heavy atom. The minimum absolute atomic E-state index is 0.223. The van der Waals surface area contributed by atoms with E-state index in [0.717, 1.165) is 6.07 Å². The maximum absolute atomic E-state index is 13.6. The van der Waals surface area contributed by atoms with Gasteiger partial charge in [-0.2, -0.15) is 0 Å². The first kappa shape index (κ1) is 14.9. The number of hydrogen-bond donors (Lipinski definition) is 1. The standard InChI is InChI=1S/C15H13ClF3N/c1-9(13-5-4-12(17)7-15(13)19)20-8-10-2-3-11(16)6-14(10)18/h2-7,9,20H,8H2,1H3. The van der Waals surface area contributed by atoms with Gasteiger partial charge in [0.15, 0.2) is 0 Å². The predicted molar refractivity (Wildman–Crippen MR) is 73.0 cm³/mol. The molecule has 0 bridgehead atoms. The summed E-state index contributed by atoms with van der Waals surface area (Å²) in [5.74, 6) is -1.67. The van der Waals surface area contributed by atoms with Crippen LogP contribution in [0.3, 0.4) is 0 Å². The van der Waals surface area contributed by atoms with E-state index in [1.807, 2.05) is 0 Å². The molecule has 2 rings (SSSR count). The molecule has 2 aromatic rings. The van der Waals surface area contributed by atoms with Crippen molar-refractivity contribution in [1.82, 2.24) is 5.32 Å². The first-order chi connectivity index (χ1) is 9.47. The molecule has 20 heavy (non-hydrogen) atoms. The van der Waals surface area contributed by atoms with Crippen LogP contribution in [0, 0.1) is 17.5 Å². The Kier molecular flexibility index (Phi) is 4.68. The van der Waals surface area contributed by atoms with E-state index in [1.54, 1.807) is 19.1 Å². The van der Waals surface area contributed by atoms with Gasteiger partial charge in [0.25, 0.3) is 0 Å². The van der Waals surface area contributed by atoms with E-state index >= 15 is 0 Å². The largest absolute Gasteiger partial charge is 0.306 e. The van der Waals surface area contributed by atoms with Crippen molar-refractivity contribution in [3.63, 3.8) is 0 Å². The number of rotatable bonds is 4. The van der Waals surface area contributed by atoms with Crippen molar-refractivity contribution in [2.24, 2.45) is 0 Å². The molecule has 1 atom stereocenters. The van der Waals surface area contributed by atoms with Crippen LogP contribution < -0.4 is 5.32 Å². The van der Waals surface area contributed by atoms with Gasteiger partial charge in [-0.1, -0.05) is 23.7 Å². The Labute approximate surface area is 120 Å². The molecule has 2 aromatic carbocycles. The van der Waals surface area contributed by atoms with Gasteiger partial charge in [0.2, 0.25) is 0 Å². The molecule has 1 N–H and O–H groups in total. The van der Waals surface area contributed by atoms with Gasteiger partial charge in [0.1, 0.15) is 17.5 Å². The highest BCUT2D eigenvalue weighted by molar-refractivity contribution is 6.30. The first-order valence-corrected chi connectivity index (χ1v) is 6.47. The molecule has 1 nitrogen and oxygen atoms in total. The van der Waals surface area contributed by atoms with E-state index < -0.39 is 17.5 Å². The van der Waals surface area contributed by atoms with Crippen LogP contribution in [0.15, 0.2) is 36.4 Å². The molecule has 0 radical (unpaired) electrons. The van der Waals surface area contributed by atoms with Crippen molar-refractivity contribution in [2.45, 2.75) is 19.5 Å². The maximum atomic E-state index is 13.6. The van der Waals surface area contributed by atoms with Crippen molar-refractivity contribution in [3.8, 4) is 0 Å². The molecule has 0 fully saturated rings. The van der Waals surface area contributed by atoms with Crippen molar-refractivity contribution in [2.75, 3.05) is 0 Å². The van der Waals surface area contributed by atoms with E-state index in [0.29, 0.717) is 16.1 Å². The predicted octanol–water partition coefficient (Wildman–Crippen LogP) is 4.61. The monoisotopic (exact) mass is 299 g/mol. The zero-order chi connectivity index (χ0) is 14.7. The Bertz CT molecular complexity index is 616. The lowest BCUT2D eigenvalue weighted by atomic mass is 10.1. The van der Waals surface area contributed by atoms with Gasteiger partial charge in [0.05, 0.1) is 0 Å². The number of nitrogens with one attached hydrogen (secondary N) is 1. The lowest BCUT2D eigenvalue weighted by molar-refractivity contribution is 0.508. The van der Waals surface area contributed by atoms with Gasteiger partial charge >= 0.3 is 0 Å². The summed E-state index contributed by atoms with van der Waals surface area (Å²) in [5, 5.41) is 3.31. The third-order valence-corrected chi connectivity index (χ3v) is 3.28. The summed E-state index contributed by atoms with van der Waals surface area (Å²) >= 11 is 5.67. The first-order valence-electron chi connectivity index (χ1n) is 6.09. The van der Waals surface area contributed by atoms with E-state index in [9.17, 15) is 13.2 Å². The van der Waals surface area contributed by atoms with E-state index in [-0.39, 0.29) is 12.6 Å². The molecule has 0 aliphatic carbocycles. The van der Waals surface area contributed by atoms with Gasteiger partial charge in [-0.3, -0.25) is 0 Å². The minimum atomic E-state index is -0.624. The third-order valence-electron chi connectivity index (χ3n) is 3.04. The Balaban J connectivity index is 2.06. The molecule has 0 heterocycles. The quantitative estimate of drug-likeness (QED) is 0.869. The maximum Gasteiger partial charge on any atom is 0.130 e. The highest BCUT2D eigenvalue weighted by Gasteiger charge is 2.12. The minimum Gasteiger partial charge on any atom is -0.306 e. The van der Waals surface area contributed by atoms with Crippen LogP contribution in [-0.2, 0) is 6.54 Å². The van der Waals surface area contributed by atoms with Gasteiger partial charge < -0.3 is 5.32 Å². The Hall–Kier alpha value is -1.52. The summed E-state index contributed by atoms with van der Waals surface area (Å²) in [7, 11) is 0. The van der Waals surface area contributed by atoms with Gasteiger partial charge in [0, 0.05) is 34.8 Å². The lowest BCUT2D eigenvalue weighted by Gasteiger charge is -2.15. The average Bonchev–Trinajstić information content (AvgIpc) is 2.37. The molecule has 0 amide bonds. The SMILES string of the molecule is CC(NCc1ccc(Cl)cc1F)c1ccc(F)cc1F. The third kappa shape index (κ3) is 3.52. The molecular weight excluding hydrogens is 287 g/mol. The van der Waals surface area contributed by atoms with E-state index in [1.165, 1.54) is 18.2 Å². The van der Waals surface area contributed by atoms with Crippen LogP contribution in [0.2, 0.25) is 5.02 Å². The summed E-state index contributed by atoms with van der Waals surface area (Å²) in [6.07, 6.45) is 0. The zero-order valence-corrected chi connectivity index (χ0v) is 11.5. The van der Waals surface area contributed by atoms with Crippen LogP contribution in [0.1, 0.15) is 24.1 Å². The summed E-state index contributed by atoms with van der Waals surface area (Å²) in [6, 6.07) is 7.41. The second-order valence-electron chi connectivity index (χ2n) is 4.50. The summed E-state index contributed by atoms with van der Waals surface area (Å²) in [6.45, 7) is 1.95. The van der Waals surface area contributed by atoms with Crippen LogP contribution in [-0.4, -0.2) is 0 Å². The van der Waals surface area contributed by atoms with Crippen molar-refractivity contribution in [1.29, 1.82) is 0 Å². The van der Waals surface area contributed by atoms with Crippen molar-refractivity contribution in [3.05, 3.63) is 70.0 Å². The van der Waals surface area contributed by atoms with Gasteiger partial charge in [-0.05, 0) is 25.1 Å². The number of benzene rings is 2. The fourth-order valence-corrected chi connectivity index (χ4v) is 2.05. The molecule has 0 aromatic heterocycles. The summed E-state index contributed by atoms with van der Waals surface area (Å²) in [5.41, 5.74) is 0.768. The average molecular weight is 300 g/mol. The summed E-state index contributed by atoms with van der Waals surface area (Å²) in [4.78, 5) is 0. The molecule has 0 aliphatic heterocycles. The fraction of sp³-hybridized carbons (Fsp3) is 0.200. The van der Waals surface area contributed by atoms with Crippen LogP contribution in [0.25, 0.3) is 0 Å². The van der Waals surface area contributed by atoms with E-state index in [2.05, 4.69) is 5.32 Å².